The standard InChI is InChI=1S/C21H24FN3O3S/c22-19-9-2-1-8-18(19)20-10-13-24(20)15-21(26)23-16-6-5-7-17(14-16)29(27,28)25-11-3-4-12-25/h1-2,5-9,14,20H,3-4,10-13,15H2,(H,23,26). The SMILES string of the molecule is O=C(CN1CCC1c1ccccc1F)Nc1cccc(S(=O)(=O)N2CCCC2)c1. The van der Waals surface area contributed by atoms with Crippen LogP contribution in [0.1, 0.15) is 30.9 Å². The van der Waals surface area contributed by atoms with Gasteiger partial charge in [-0.15, -0.1) is 0 Å². The summed E-state index contributed by atoms with van der Waals surface area (Å²) in [5, 5.41) is 2.77. The first-order chi connectivity index (χ1) is 13.9. The molecule has 4 rings (SSSR count). The molecule has 0 saturated carbocycles. The molecule has 8 heteroatoms. The van der Waals surface area contributed by atoms with E-state index in [-0.39, 0.29) is 29.2 Å². The molecule has 1 amide bonds. The number of rotatable bonds is 6. The average Bonchev–Trinajstić information content (AvgIpc) is 3.23. The Hall–Kier alpha value is -2.29. The third-order valence-corrected chi connectivity index (χ3v) is 7.46. The lowest BCUT2D eigenvalue weighted by Gasteiger charge is -2.40. The number of hydrogen-bond acceptors (Lipinski definition) is 4. The molecular weight excluding hydrogens is 393 g/mol. The molecule has 2 saturated heterocycles. The molecule has 1 unspecified atom stereocenters. The predicted molar refractivity (Wildman–Crippen MR) is 108 cm³/mol. The summed E-state index contributed by atoms with van der Waals surface area (Å²) in [6.07, 6.45) is 2.54. The molecule has 2 aromatic carbocycles. The van der Waals surface area contributed by atoms with Crippen molar-refractivity contribution in [1.82, 2.24) is 9.21 Å². The van der Waals surface area contributed by atoms with Crippen molar-refractivity contribution in [3.8, 4) is 0 Å². The minimum absolute atomic E-state index is 0.108. The number of carbonyl (C=O) groups excluding carboxylic acids is 1. The molecule has 154 valence electrons. The number of carbonyl (C=O) groups is 1. The lowest BCUT2D eigenvalue weighted by molar-refractivity contribution is -0.119. The van der Waals surface area contributed by atoms with Crippen LogP contribution in [0, 0.1) is 5.82 Å². The summed E-state index contributed by atoms with van der Waals surface area (Å²) < 4.78 is 40.9. The molecule has 2 heterocycles. The van der Waals surface area contributed by atoms with Crippen LogP contribution in [0.3, 0.4) is 0 Å². The summed E-state index contributed by atoms with van der Waals surface area (Å²) in [6, 6.07) is 12.9. The van der Waals surface area contributed by atoms with Gasteiger partial charge in [0.2, 0.25) is 15.9 Å². The van der Waals surface area contributed by atoms with Gasteiger partial charge < -0.3 is 5.32 Å². The summed E-state index contributed by atoms with van der Waals surface area (Å²) in [6.45, 7) is 1.91. The number of likely N-dealkylation sites (tertiary alicyclic amines) is 1. The number of nitrogens with zero attached hydrogens (tertiary/aromatic N) is 2. The maximum atomic E-state index is 14.0. The molecule has 1 atom stereocenters. The molecule has 0 bridgehead atoms. The minimum Gasteiger partial charge on any atom is -0.325 e. The van der Waals surface area contributed by atoms with Crippen molar-refractivity contribution >= 4 is 21.6 Å². The van der Waals surface area contributed by atoms with Crippen LogP contribution in [-0.4, -0.2) is 49.7 Å². The molecule has 0 aliphatic carbocycles. The second-order valence-corrected chi connectivity index (χ2v) is 9.42. The summed E-state index contributed by atoms with van der Waals surface area (Å²) >= 11 is 0. The summed E-state index contributed by atoms with van der Waals surface area (Å²) in [5.74, 6) is -0.510. The predicted octanol–water partition coefficient (Wildman–Crippen LogP) is 3.00. The van der Waals surface area contributed by atoms with Crippen molar-refractivity contribution in [2.75, 3.05) is 31.5 Å². The smallest absolute Gasteiger partial charge is 0.243 e. The fourth-order valence-corrected chi connectivity index (χ4v) is 5.49. The van der Waals surface area contributed by atoms with Crippen LogP contribution in [0.15, 0.2) is 53.4 Å². The van der Waals surface area contributed by atoms with E-state index in [0.717, 1.165) is 25.8 Å². The molecule has 0 radical (unpaired) electrons. The molecule has 2 fully saturated rings. The second-order valence-electron chi connectivity index (χ2n) is 7.48. The van der Waals surface area contributed by atoms with Crippen molar-refractivity contribution in [3.05, 3.63) is 59.9 Å². The van der Waals surface area contributed by atoms with E-state index >= 15 is 0 Å². The normalized spacial score (nSPS) is 20.4. The first kappa shape index (κ1) is 20.0. The van der Waals surface area contributed by atoms with Crippen LogP contribution in [0.5, 0.6) is 0 Å². The van der Waals surface area contributed by atoms with Gasteiger partial charge >= 0.3 is 0 Å². The Morgan fingerprint density at radius 2 is 1.83 bits per heavy atom. The van der Waals surface area contributed by atoms with Crippen molar-refractivity contribution < 1.29 is 17.6 Å². The topological polar surface area (TPSA) is 69.7 Å². The van der Waals surface area contributed by atoms with E-state index in [9.17, 15) is 17.6 Å². The van der Waals surface area contributed by atoms with E-state index in [1.165, 1.54) is 16.4 Å². The third-order valence-electron chi connectivity index (χ3n) is 5.56. The molecule has 29 heavy (non-hydrogen) atoms. The fourth-order valence-electron chi connectivity index (χ4n) is 3.92. The van der Waals surface area contributed by atoms with E-state index in [4.69, 9.17) is 0 Å². The minimum atomic E-state index is -3.53. The molecular formula is C21H24FN3O3S. The van der Waals surface area contributed by atoms with Crippen molar-refractivity contribution in [3.63, 3.8) is 0 Å². The Morgan fingerprint density at radius 3 is 2.52 bits per heavy atom. The van der Waals surface area contributed by atoms with Gasteiger partial charge in [-0.05, 0) is 43.5 Å². The van der Waals surface area contributed by atoms with E-state index in [2.05, 4.69) is 5.32 Å². The van der Waals surface area contributed by atoms with Crippen molar-refractivity contribution in [1.29, 1.82) is 0 Å². The Balaban J connectivity index is 1.41. The van der Waals surface area contributed by atoms with Gasteiger partial charge in [-0.2, -0.15) is 4.31 Å². The molecule has 1 N–H and O–H groups in total. The van der Waals surface area contributed by atoms with Crippen LogP contribution in [-0.2, 0) is 14.8 Å². The van der Waals surface area contributed by atoms with Crippen molar-refractivity contribution in [2.45, 2.75) is 30.2 Å². The molecule has 2 aliphatic rings. The van der Waals surface area contributed by atoms with Gasteiger partial charge in [-0.25, -0.2) is 12.8 Å². The maximum Gasteiger partial charge on any atom is 0.243 e. The fraction of sp³-hybridized carbons (Fsp3) is 0.381. The van der Waals surface area contributed by atoms with Crippen LogP contribution in [0.4, 0.5) is 10.1 Å². The summed E-state index contributed by atoms with van der Waals surface area (Å²) in [4.78, 5) is 14.6. The van der Waals surface area contributed by atoms with E-state index in [1.807, 2.05) is 4.90 Å². The maximum absolute atomic E-state index is 14.0. The van der Waals surface area contributed by atoms with Gasteiger partial charge in [-0.3, -0.25) is 9.69 Å². The highest BCUT2D eigenvalue weighted by Crippen LogP contribution is 2.34. The number of amides is 1. The Morgan fingerprint density at radius 1 is 1.07 bits per heavy atom. The first-order valence-corrected chi connectivity index (χ1v) is 11.3. The number of hydrogen-bond donors (Lipinski definition) is 1. The van der Waals surface area contributed by atoms with Gasteiger partial charge in [-0.1, -0.05) is 24.3 Å². The molecule has 0 aromatic heterocycles. The summed E-state index contributed by atoms with van der Waals surface area (Å²) in [7, 11) is -3.53. The van der Waals surface area contributed by atoms with Crippen LogP contribution >= 0.6 is 0 Å². The number of nitrogens with one attached hydrogen (secondary N) is 1. The highest BCUT2D eigenvalue weighted by Gasteiger charge is 2.32. The van der Waals surface area contributed by atoms with Crippen LogP contribution in [0.2, 0.25) is 0 Å². The highest BCUT2D eigenvalue weighted by atomic mass is 32.2. The van der Waals surface area contributed by atoms with Crippen LogP contribution in [0.25, 0.3) is 0 Å². The number of halogens is 1. The van der Waals surface area contributed by atoms with Gasteiger partial charge in [0.25, 0.3) is 0 Å². The Bertz CT molecular complexity index is 1010. The lowest BCUT2D eigenvalue weighted by Crippen LogP contribution is -2.45. The van der Waals surface area contributed by atoms with Gasteiger partial charge in [0.05, 0.1) is 11.4 Å². The largest absolute Gasteiger partial charge is 0.325 e. The van der Waals surface area contributed by atoms with Gasteiger partial charge in [0.1, 0.15) is 5.82 Å². The quantitative estimate of drug-likeness (QED) is 0.785. The monoisotopic (exact) mass is 417 g/mol. The number of sulfonamides is 1. The zero-order valence-corrected chi connectivity index (χ0v) is 16.9. The Labute approximate surface area is 170 Å². The lowest BCUT2D eigenvalue weighted by atomic mass is 9.94. The first-order valence-electron chi connectivity index (χ1n) is 9.84. The number of anilines is 1. The van der Waals surface area contributed by atoms with E-state index in [0.29, 0.717) is 24.3 Å². The zero-order chi connectivity index (χ0) is 20.4. The van der Waals surface area contributed by atoms with Crippen LogP contribution < -0.4 is 5.32 Å². The van der Waals surface area contributed by atoms with Crippen molar-refractivity contribution in [2.24, 2.45) is 0 Å². The second kappa shape index (κ2) is 8.22. The average molecular weight is 418 g/mol. The molecule has 6 nitrogen and oxygen atoms in total. The third kappa shape index (κ3) is 4.19. The molecule has 2 aliphatic heterocycles. The molecule has 0 spiro atoms. The van der Waals surface area contributed by atoms with E-state index < -0.39 is 10.0 Å². The Kier molecular flexibility index (Phi) is 5.67. The number of benzene rings is 2. The van der Waals surface area contributed by atoms with Gasteiger partial charge in [0.15, 0.2) is 0 Å². The summed E-state index contributed by atoms with van der Waals surface area (Å²) in [5.41, 5.74) is 1.04. The molecule has 2 aromatic rings. The zero-order valence-electron chi connectivity index (χ0n) is 16.1. The van der Waals surface area contributed by atoms with E-state index in [1.54, 1.807) is 36.4 Å². The van der Waals surface area contributed by atoms with Gasteiger partial charge in [0, 0.05) is 36.9 Å². The highest BCUT2D eigenvalue weighted by molar-refractivity contribution is 7.89.